The van der Waals surface area contributed by atoms with E-state index in [9.17, 15) is 21.6 Å². The Morgan fingerprint density at radius 3 is 2.21 bits per heavy atom. The second-order valence-corrected chi connectivity index (χ2v) is 10.0. The van der Waals surface area contributed by atoms with E-state index >= 15 is 0 Å². The average Bonchev–Trinajstić information content (AvgIpc) is 2.56. The van der Waals surface area contributed by atoms with Gasteiger partial charge < -0.3 is 11.1 Å². The Morgan fingerprint density at radius 1 is 1.14 bits per heavy atom. The Balaban J connectivity index is 3.15. The molecule has 0 spiro atoms. The fourth-order valence-electron chi connectivity index (χ4n) is 2.69. The lowest BCUT2D eigenvalue weighted by Crippen LogP contribution is -2.66. The number of nitrogens with one attached hydrogen (secondary N) is 1. The van der Waals surface area contributed by atoms with Crippen molar-refractivity contribution in [2.75, 3.05) is 19.1 Å². The molecule has 5 N–H and O–H groups in total. The van der Waals surface area contributed by atoms with Gasteiger partial charge in [0.25, 0.3) is 26.1 Å². The molecular weight excluding hydrogens is 422 g/mol. The zero-order valence-electron chi connectivity index (χ0n) is 16.7. The van der Waals surface area contributed by atoms with Crippen LogP contribution >= 0.6 is 0 Å². The Labute approximate surface area is 172 Å². The van der Waals surface area contributed by atoms with Crippen molar-refractivity contribution in [3.63, 3.8) is 0 Å². The van der Waals surface area contributed by atoms with Crippen LogP contribution in [0.15, 0.2) is 30.3 Å². The van der Waals surface area contributed by atoms with Crippen molar-refractivity contribution in [1.29, 1.82) is 0 Å². The Bertz CT molecular complexity index is 876. The molecule has 0 heterocycles. The molecule has 1 aromatic rings. The topological polar surface area (TPSA) is 168 Å². The lowest BCUT2D eigenvalue weighted by atomic mass is 10.0. The van der Waals surface area contributed by atoms with Gasteiger partial charge in [-0.1, -0.05) is 30.3 Å². The van der Waals surface area contributed by atoms with Gasteiger partial charge >= 0.3 is 0 Å². The second kappa shape index (κ2) is 10.5. The minimum Gasteiger partial charge on any atom is -0.349 e. The van der Waals surface area contributed by atoms with Crippen molar-refractivity contribution in [1.82, 2.24) is 5.32 Å². The molecule has 0 aliphatic carbocycles. The predicted octanol–water partition coefficient (Wildman–Crippen LogP) is -0.551. The van der Waals surface area contributed by atoms with Crippen LogP contribution in [0, 0.1) is 0 Å². The van der Waals surface area contributed by atoms with E-state index in [0.717, 1.165) is 11.8 Å². The molecule has 0 saturated carbocycles. The fourth-order valence-corrected chi connectivity index (χ4v) is 4.04. The quantitative estimate of drug-likeness (QED) is 0.279. The third kappa shape index (κ3) is 9.19. The molecule has 3 atom stereocenters. The van der Waals surface area contributed by atoms with Crippen LogP contribution in [-0.2, 0) is 39.8 Å². The van der Waals surface area contributed by atoms with E-state index in [1.165, 1.54) is 0 Å². The van der Waals surface area contributed by atoms with E-state index in [-0.39, 0.29) is 19.4 Å². The van der Waals surface area contributed by atoms with Crippen molar-refractivity contribution < 1.29 is 30.0 Å². The summed E-state index contributed by atoms with van der Waals surface area (Å²) < 4.78 is 56.6. The molecule has 1 aromatic carbocycles. The molecule has 0 fully saturated rings. The van der Waals surface area contributed by atoms with Crippen molar-refractivity contribution in [3.8, 4) is 0 Å². The Kier molecular flexibility index (Phi) is 9.18. The van der Waals surface area contributed by atoms with Crippen LogP contribution in [0.2, 0.25) is 0 Å². The van der Waals surface area contributed by atoms with Gasteiger partial charge in [0.2, 0.25) is 5.72 Å². The van der Waals surface area contributed by atoms with Crippen LogP contribution in [-0.4, -0.2) is 59.7 Å². The molecule has 0 radical (unpaired) electrons. The highest BCUT2D eigenvalue weighted by atomic mass is 32.2. The second-order valence-electron chi connectivity index (χ2n) is 6.86. The number of rotatable bonds is 12. The molecule has 0 bridgehead atoms. The van der Waals surface area contributed by atoms with Gasteiger partial charge in [-0.2, -0.15) is 16.8 Å². The summed E-state index contributed by atoms with van der Waals surface area (Å²) in [6, 6.07) is 8.80. The summed E-state index contributed by atoms with van der Waals surface area (Å²) >= 11 is 0. The highest BCUT2D eigenvalue weighted by molar-refractivity contribution is 7.86. The number of nitrogens with two attached hydrogens (primary N) is 2. The summed E-state index contributed by atoms with van der Waals surface area (Å²) in [4.78, 5) is 12.9. The first-order valence-corrected chi connectivity index (χ1v) is 12.5. The SMILES string of the molecule is C[C@@H](Cc1ccccc1)NC(=O)[C@](N)(OS(C)(=O)=O)C(CCCN)OS(C)(=O)=O. The zero-order valence-corrected chi connectivity index (χ0v) is 18.3. The van der Waals surface area contributed by atoms with E-state index < -0.39 is 44.0 Å². The summed E-state index contributed by atoms with van der Waals surface area (Å²) in [6.45, 7) is 1.84. The van der Waals surface area contributed by atoms with Gasteiger partial charge in [-0.3, -0.25) is 14.7 Å². The van der Waals surface area contributed by atoms with Gasteiger partial charge in [0.15, 0.2) is 0 Å². The molecule has 1 rings (SSSR count). The lowest BCUT2D eigenvalue weighted by Gasteiger charge is -2.34. The number of amides is 1. The van der Waals surface area contributed by atoms with Crippen LogP contribution in [0.1, 0.15) is 25.3 Å². The first-order chi connectivity index (χ1) is 13.3. The Morgan fingerprint density at radius 2 is 1.72 bits per heavy atom. The molecule has 166 valence electrons. The number of hydrogen-bond donors (Lipinski definition) is 3. The lowest BCUT2D eigenvalue weighted by molar-refractivity contribution is -0.145. The molecule has 0 saturated heterocycles. The van der Waals surface area contributed by atoms with Crippen molar-refractivity contribution in [3.05, 3.63) is 35.9 Å². The summed E-state index contributed by atoms with van der Waals surface area (Å²) in [6.07, 6.45) is 0.409. The van der Waals surface area contributed by atoms with Crippen molar-refractivity contribution in [2.24, 2.45) is 11.5 Å². The molecule has 0 aliphatic rings. The Hall–Kier alpha value is -1.57. The van der Waals surface area contributed by atoms with Crippen LogP contribution in [0.25, 0.3) is 0 Å². The first kappa shape index (κ1) is 25.5. The smallest absolute Gasteiger partial charge is 0.271 e. The van der Waals surface area contributed by atoms with E-state index in [0.29, 0.717) is 12.7 Å². The molecular formula is C17H29N3O7S2. The molecule has 12 heteroatoms. The zero-order chi connectivity index (χ0) is 22.3. The fraction of sp³-hybridized carbons (Fsp3) is 0.588. The van der Waals surface area contributed by atoms with Crippen molar-refractivity contribution >= 4 is 26.1 Å². The molecule has 10 nitrogen and oxygen atoms in total. The highest BCUT2D eigenvalue weighted by Crippen LogP contribution is 2.23. The van der Waals surface area contributed by atoms with Crippen molar-refractivity contribution in [2.45, 2.75) is 44.1 Å². The predicted molar refractivity (Wildman–Crippen MR) is 109 cm³/mol. The molecule has 0 aliphatic heterocycles. The largest absolute Gasteiger partial charge is 0.349 e. The minimum absolute atomic E-state index is 0.115. The number of benzene rings is 1. The van der Waals surface area contributed by atoms with Gasteiger partial charge in [0.1, 0.15) is 6.10 Å². The van der Waals surface area contributed by atoms with E-state index in [1.54, 1.807) is 6.92 Å². The maximum atomic E-state index is 12.9. The normalized spacial score (nSPS) is 16.6. The van der Waals surface area contributed by atoms with Crippen LogP contribution < -0.4 is 16.8 Å². The van der Waals surface area contributed by atoms with Crippen LogP contribution in [0.5, 0.6) is 0 Å². The summed E-state index contributed by atoms with van der Waals surface area (Å²) in [5.41, 5.74) is 9.80. The number of carbonyl (C=O) groups excluding carboxylic acids is 1. The summed E-state index contributed by atoms with van der Waals surface area (Å²) in [7, 11) is -8.32. The van der Waals surface area contributed by atoms with Gasteiger partial charge in [0, 0.05) is 6.04 Å². The number of hydrogen-bond acceptors (Lipinski definition) is 9. The van der Waals surface area contributed by atoms with Gasteiger partial charge in [-0.15, -0.1) is 0 Å². The van der Waals surface area contributed by atoms with Crippen LogP contribution in [0.3, 0.4) is 0 Å². The van der Waals surface area contributed by atoms with E-state index in [2.05, 4.69) is 5.32 Å². The first-order valence-electron chi connectivity index (χ1n) is 8.89. The van der Waals surface area contributed by atoms with E-state index in [4.69, 9.17) is 19.8 Å². The van der Waals surface area contributed by atoms with Gasteiger partial charge in [0.05, 0.1) is 12.5 Å². The molecule has 1 amide bonds. The monoisotopic (exact) mass is 451 g/mol. The standard InChI is InChI=1S/C17H29N3O7S2/c1-13(12-14-8-5-4-6-9-14)20-16(21)17(19,27-29(3,24)25)15(10-7-11-18)26-28(2,22)23/h4-6,8-9,13,15H,7,10-12,18-19H2,1-3H3,(H,20,21)/t13-,15?,17+/m0/s1. The maximum absolute atomic E-state index is 12.9. The molecule has 29 heavy (non-hydrogen) atoms. The third-order valence-corrected chi connectivity index (χ3v) is 5.01. The maximum Gasteiger partial charge on any atom is 0.271 e. The van der Waals surface area contributed by atoms with E-state index in [1.807, 2.05) is 30.3 Å². The third-order valence-electron chi connectivity index (χ3n) is 3.85. The summed E-state index contributed by atoms with van der Waals surface area (Å²) in [5, 5.41) is 2.57. The minimum atomic E-state index is -4.24. The van der Waals surface area contributed by atoms with Gasteiger partial charge in [-0.25, -0.2) is 4.18 Å². The molecule has 1 unspecified atom stereocenters. The van der Waals surface area contributed by atoms with Gasteiger partial charge in [-0.05, 0) is 38.3 Å². The number of carbonyl (C=O) groups is 1. The molecule has 0 aromatic heterocycles. The summed E-state index contributed by atoms with van der Waals surface area (Å²) in [5.74, 6) is -1.02. The van der Waals surface area contributed by atoms with Crippen LogP contribution in [0.4, 0.5) is 0 Å². The average molecular weight is 452 g/mol. The highest BCUT2D eigenvalue weighted by Gasteiger charge is 2.49.